The highest BCUT2D eigenvalue weighted by molar-refractivity contribution is 5.75. The molecule has 4 heterocycles. The lowest BCUT2D eigenvalue weighted by Crippen LogP contribution is -2.47. The maximum atomic E-state index is 6.26. The van der Waals surface area contributed by atoms with Crippen LogP contribution in [0.25, 0.3) is 22.8 Å². The minimum absolute atomic E-state index is 0.306. The van der Waals surface area contributed by atoms with Gasteiger partial charge in [0.1, 0.15) is 5.75 Å². The smallest absolute Gasteiger partial charge is 0.223 e. The molecule has 0 radical (unpaired) electrons. The number of allylic oxidation sites excluding steroid dienone is 3. The maximum absolute atomic E-state index is 6.26. The standard InChI is InChI=1S/C31H37N7O2/c1-22(2)12-18-39-26-10-8-25(9-11-26)37-15-13-36(14-16-37)21-23-5-3-6-24(19-23)27-20-29-34-30(28-7-4-17-40-28)35-38(29)31(32)33-27/h3-4,6-11,17,19-20,22-23H,5,12-16,18,21H2,1-2H3,(H2,32,33). The van der Waals surface area contributed by atoms with Crippen LogP contribution in [0.2, 0.25) is 0 Å². The monoisotopic (exact) mass is 539 g/mol. The Bertz CT molecular complexity index is 1480. The van der Waals surface area contributed by atoms with E-state index in [9.17, 15) is 0 Å². The molecule has 1 aliphatic heterocycles. The van der Waals surface area contributed by atoms with Gasteiger partial charge >= 0.3 is 0 Å². The van der Waals surface area contributed by atoms with Gasteiger partial charge in [0, 0.05) is 44.5 Å². The largest absolute Gasteiger partial charge is 0.494 e. The molecule has 1 atom stereocenters. The van der Waals surface area contributed by atoms with Crippen LogP contribution < -0.4 is 15.4 Å². The van der Waals surface area contributed by atoms with Gasteiger partial charge in [-0.25, -0.2) is 9.97 Å². The fourth-order valence-corrected chi connectivity index (χ4v) is 5.30. The zero-order chi connectivity index (χ0) is 27.5. The molecule has 2 aliphatic rings. The van der Waals surface area contributed by atoms with E-state index in [1.807, 2.05) is 18.2 Å². The number of fused-ring (bicyclic) bond motifs is 1. The van der Waals surface area contributed by atoms with Crippen molar-refractivity contribution in [2.75, 3.05) is 50.0 Å². The summed E-state index contributed by atoms with van der Waals surface area (Å²) in [6.07, 6.45) is 10.4. The molecule has 9 nitrogen and oxygen atoms in total. The minimum Gasteiger partial charge on any atom is -0.494 e. The van der Waals surface area contributed by atoms with Crippen molar-refractivity contribution >= 4 is 22.9 Å². The molecule has 3 aromatic heterocycles. The van der Waals surface area contributed by atoms with Crippen LogP contribution in [0.1, 0.15) is 32.4 Å². The molecule has 4 aromatic rings. The summed E-state index contributed by atoms with van der Waals surface area (Å²) in [6, 6.07) is 14.1. The highest BCUT2D eigenvalue weighted by Crippen LogP contribution is 2.28. The molecular formula is C31H37N7O2. The lowest BCUT2D eigenvalue weighted by atomic mass is 9.93. The topological polar surface area (TPSA) is 98.0 Å². The number of nitrogens with zero attached hydrogens (tertiary/aromatic N) is 6. The Labute approximate surface area is 235 Å². The lowest BCUT2D eigenvalue weighted by molar-refractivity contribution is 0.234. The number of hydrogen-bond acceptors (Lipinski definition) is 8. The molecule has 0 bridgehead atoms. The van der Waals surface area contributed by atoms with E-state index >= 15 is 0 Å². The van der Waals surface area contributed by atoms with E-state index in [0.717, 1.165) is 69.2 Å². The summed E-state index contributed by atoms with van der Waals surface area (Å²) in [5.41, 5.74) is 10.1. The van der Waals surface area contributed by atoms with Crippen LogP contribution in [-0.2, 0) is 0 Å². The zero-order valence-corrected chi connectivity index (χ0v) is 23.2. The van der Waals surface area contributed by atoms with E-state index in [1.54, 1.807) is 10.8 Å². The average molecular weight is 540 g/mol. The Morgan fingerprint density at radius 1 is 1.07 bits per heavy atom. The second-order valence-electron chi connectivity index (χ2n) is 11.0. The highest BCUT2D eigenvalue weighted by atomic mass is 16.5. The summed E-state index contributed by atoms with van der Waals surface area (Å²) in [5.74, 6) is 3.43. The van der Waals surface area contributed by atoms with E-state index < -0.39 is 0 Å². The predicted octanol–water partition coefficient (Wildman–Crippen LogP) is 5.17. The molecule has 0 amide bonds. The first-order chi connectivity index (χ1) is 19.5. The van der Waals surface area contributed by atoms with E-state index in [4.69, 9.17) is 14.9 Å². The Morgan fingerprint density at radius 3 is 2.65 bits per heavy atom. The van der Waals surface area contributed by atoms with Gasteiger partial charge < -0.3 is 19.8 Å². The normalized spacial score (nSPS) is 18.0. The number of nitrogen functional groups attached to an aromatic ring is 1. The van der Waals surface area contributed by atoms with Gasteiger partial charge in [0.15, 0.2) is 11.4 Å². The Morgan fingerprint density at radius 2 is 1.90 bits per heavy atom. The molecule has 1 aromatic carbocycles. The number of piperazine rings is 1. The van der Waals surface area contributed by atoms with Crippen molar-refractivity contribution in [3.63, 3.8) is 0 Å². The van der Waals surface area contributed by atoms with Gasteiger partial charge in [-0.15, -0.1) is 5.10 Å². The van der Waals surface area contributed by atoms with Crippen LogP contribution in [-0.4, -0.2) is 63.8 Å². The third-order valence-corrected chi connectivity index (χ3v) is 7.57. The number of benzene rings is 1. The summed E-state index contributed by atoms with van der Waals surface area (Å²) in [6.45, 7) is 10.4. The molecule has 1 unspecified atom stereocenters. The summed E-state index contributed by atoms with van der Waals surface area (Å²) in [4.78, 5) is 14.3. The Kier molecular flexibility index (Phi) is 7.55. The molecule has 208 valence electrons. The Balaban J connectivity index is 1.06. The number of anilines is 2. The van der Waals surface area contributed by atoms with E-state index in [-0.39, 0.29) is 0 Å². The maximum Gasteiger partial charge on any atom is 0.223 e. The van der Waals surface area contributed by atoms with Crippen molar-refractivity contribution < 1.29 is 9.15 Å². The van der Waals surface area contributed by atoms with E-state index in [1.165, 1.54) is 5.69 Å². The zero-order valence-electron chi connectivity index (χ0n) is 23.2. The predicted molar refractivity (Wildman–Crippen MR) is 158 cm³/mol. The molecule has 0 spiro atoms. The quantitative estimate of drug-likeness (QED) is 0.311. The molecule has 2 N–H and O–H groups in total. The highest BCUT2D eigenvalue weighted by Gasteiger charge is 2.22. The molecule has 1 aliphatic carbocycles. The molecular weight excluding hydrogens is 502 g/mol. The van der Waals surface area contributed by atoms with Gasteiger partial charge in [0.2, 0.25) is 11.8 Å². The second kappa shape index (κ2) is 11.6. The third kappa shape index (κ3) is 5.89. The summed E-state index contributed by atoms with van der Waals surface area (Å²) in [5, 5.41) is 4.45. The molecule has 9 heteroatoms. The van der Waals surface area contributed by atoms with Crippen molar-refractivity contribution in [1.82, 2.24) is 24.5 Å². The molecule has 6 rings (SSSR count). The lowest BCUT2D eigenvalue weighted by Gasteiger charge is -2.37. The van der Waals surface area contributed by atoms with Gasteiger partial charge in [-0.05, 0) is 66.6 Å². The van der Waals surface area contributed by atoms with Crippen LogP contribution in [0.4, 0.5) is 11.6 Å². The van der Waals surface area contributed by atoms with Crippen LogP contribution in [0, 0.1) is 11.8 Å². The second-order valence-corrected chi connectivity index (χ2v) is 11.0. The summed E-state index contributed by atoms with van der Waals surface area (Å²) in [7, 11) is 0. The van der Waals surface area contributed by atoms with Crippen LogP contribution in [0.3, 0.4) is 0 Å². The molecule has 40 heavy (non-hydrogen) atoms. The average Bonchev–Trinajstić information content (AvgIpc) is 3.65. The molecule has 1 fully saturated rings. The molecule has 1 saturated heterocycles. The van der Waals surface area contributed by atoms with Crippen molar-refractivity contribution in [1.29, 1.82) is 0 Å². The van der Waals surface area contributed by atoms with Crippen molar-refractivity contribution in [3.05, 3.63) is 72.6 Å². The van der Waals surface area contributed by atoms with Crippen LogP contribution >= 0.6 is 0 Å². The van der Waals surface area contributed by atoms with Gasteiger partial charge in [-0.2, -0.15) is 4.52 Å². The fraction of sp³-hybridized carbons (Fsp3) is 0.387. The van der Waals surface area contributed by atoms with Gasteiger partial charge in [-0.1, -0.05) is 32.1 Å². The first-order valence-corrected chi connectivity index (χ1v) is 14.2. The SMILES string of the molecule is CC(C)CCOc1ccc(N2CCN(CC3C=C(c4cc5nc(-c6ccco6)nn5c(N)n4)C=CC3)CC2)cc1. The van der Waals surface area contributed by atoms with Gasteiger partial charge in [0.25, 0.3) is 0 Å². The van der Waals surface area contributed by atoms with Crippen molar-refractivity contribution in [2.45, 2.75) is 26.7 Å². The number of rotatable bonds is 9. The number of aromatic nitrogens is 4. The van der Waals surface area contributed by atoms with Crippen molar-refractivity contribution in [2.24, 2.45) is 11.8 Å². The number of ether oxygens (including phenoxy) is 1. The summed E-state index contributed by atoms with van der Waals surface area (Å²) < 4.78 is 12.9. The first kappa shape index (κ1) is 26.1. The van der Waals surface area contributed by atoms with Gasteiger partial charge in [-0.3, -0.25) is 4.90 Å². The van der Waals surface area contributed by atoms with Crippen molar-refractivity contribution in [3.8, 4) is 17.3 Å². The van der Waals surface area contributed by atoms with Crippen LogP contribution in [0.5, 0.6) is 5.75 Å². The Hall–Kier alpha value is -4.11. The summed E-state index contributed by atoms with van der Waals surface area (Å²) >= 11 is 0. The fourth-order valence-electron chi connectivity index (χ4n) is 5.30. The van der Waals surface area contributed by atoms with Crippen LogP contribution in [0.15, 0.2) is 71.4 Å². The number of nitrogens with two attached hydrogens (primary N) is 1. The number of hydrogen-bond donors (Lipinski definition) is 1. The first-order valence-electron chi connectivity index (χ1n) is 14.2. The van der Waals surface area contributed by atoms with E-state index in [2.05, 4.69) is 81.2 Å². The van der Waals surface area contributed by atoms with Gasteiger partial charge in [0.05, 0.1) is 18.6 Å². The molecule has 0 saturated carbocycles. The van der Waals surface area contributed by atoms with E-state index in [0.29, 0.717) is 35.0 Å². The minimum atomic E-state index is 0.306. The number of furan rings is 1. The third-order valence-electron chi connectivity index (χ3n) is 7.57.